The predicted octanol–water partition coefficient (Wildman–Crippen LogP) is 1.15. The van der Waals surface area contributed by atoms with Crippen LogP contribution in [0.25, 0.3) is 0 Å². The Morgan fingerprint density at radius 3 is 2.82 bits per heavy atom. The Labute approximate surface area is 97.9 Å². The molecule has 5 nitrogen and oxygen atoms in total. The Hall–Kier alpha value is -1.75. The number of ether oxygens (including phenoxy) is 3. The van der Waals surface area contributed by atoms with Crippen LogP contribution in [-0.2, 0) is 9.53 Å². The lowest BCUT2D eigenvalue weighted by Gasteiger charge is -2.10. The highest BCUT2D eigenvalue weighted by atomic mass is 16.7. The summed E-state index contributed by atoms with van der Waals surface area (Å²) in [6, 6.07) is 5.37. The number of benzene rings is 1. The Kier molecular flexibility index (Phi) is 2.06. The van der Waals surface area contributed by atoms with E-state index in [0.29, 0.717) is 11.5 Å². The van der Waals surface area contributed by atoms with Gasteiger partial charge < -0.3 is 19.3 Å². The first kappa shape index (κ1) is 10.4. The second kappa shape index (κ2) is 3.37. The van der Waals surface area contributed by atoms with Gasteiger partial charge in [0, 0.05) is 6.42 Å². The fourth-order valence-corrected chi connectivity index (χ4v) is 2.04. The van der Waals surface area contributed by atoms with Crippen LogP contribution in [0.2, 0.25) is 0 Å². The van der Waals surface area contributed by atoms with Crippen molar-refractivity contribution in [1.29, 1.82) is 0 Å². The molecule has 1 saturated heterocycles. The number of hydrogen-bond acceptors (Lipinski definition) is 5. The minimum atomic E-state index is -1.40. The molecule has 17 heavy (non-hydrogen) atoms. The van der Waals surface area contributed by atoms with Crippen LogP contribution in [0.5, 0.6) is 11.5 Å². The van der Waals surface area contributed by atoms with Crippen molar-refractivity contribution in [2.75, 3.05) is 6.79 Å². The van der Waals surface area contributed by atoms with E-state index in [0.717, 1.165) is 5.56 Å². The summed E-state index contributed by atoms with van der Waals surface area (Å²) >= 11 is 0. The highest BCUT2D eigenvalue weighted by Gasteiger charge is 2.44. The molecule has 1 aromatic rings. The van der Waals surface area contributed by atoms with Crippen molar-refractivity contribution in [3.8, 4) is 11.5 Å². The van der Waals surface area contributed by atoms with E-state index in [1.807, 2.05) is 6.07 Å². The molecule has 0 spiro atoms. The van der Waals surface area contributed by atoms with Gasteiger partial charge in [0.2, 0.25) is 6.79 Å². The second-order valence-electron chi connectivity index (χ2n) is 4.48. The van der Waals surface area contributed by atoms with E-state index in [-0.39, 0.29) is 13.2 Å². The van der Waals surface area contributed by atoms with Crippen molar-refractivity contribution in [3.05, 3.63) is 23.8 Å². The van der Waals surface area contributed by atoms with Crippen LogP contribution in [0.4, 0.5) is 0 Å². The van der Waals surface area contributed by atoms with Crippen LogP contribution in [0.3, 0.4) is 0 Å². The molecule has 0 aromatic heterocycles. The molecule has 3 rings (SSSR count). The highest BCUT2D eigenvalue weighted by Crippen LogP contribution is 2.40. The molecule has 90 valence electrons. The fraction of sp³-hybridized carbons (Fsp3) is 0.417. The van der Waals surface area contributed by atoms with Gasteiger partial charge in [0.15, 0.2) is 17.1 Å². The molecular weight excluding hydrogens is 224 g/mol. The van der Waals surface area contributed by atoms with Gasteiger partial charge in [-0.2, -0.15) is 0 Å². The van der Waals surface area contributed by atoms with Crippen molar-refractivity contribution < 1.29 is 24.1 Å². The standard InChI is InChI=1S/C12H12O5/c1-12(14)5-10(17-11(12)13)7-2-3-8-9(4-7)16-6-15-8/h2-4,10,14H,5-6H2,1H3/t10-,12+/m1/s1. The Balaban J connectivity index is 1.89. The molecule has 2 atom stereocenters. The molecule has 2 aliphatic rings. The van der Waals surface area contributed by atoms with Crippen LogP contribution in [0.15, 0.2) is 18.2 Å². The fourth-order valence-electron chi connectivity index (χ4n) is 2.04. The first-order valence-corrected chi connectivity index (χ1v) is 5.39. The van der Waals surface area contributed by atoms with Crippen LogP contribution in [0.1, 0.15) is 25.0 Å². The average Bonchev–Trinajstić information content (AvgIpc) is 2.83. The lowest BCUT2D eigenvalue weighted by molar-refractivity contribution is -0.153. The van der Waals surface area contributed by atoms with Crippen molar-refractivity contribution in [2.45, 2.75) is 25.0 Å². The van der Waals surface area contributed by atoms with Crippen molar-refractivity contribution >= 4 is 5.97 Å². The molecule has 0 aliphatic carbocycles. The number of fused-ring (bicyclic) bond motifs is 1. The van der Waals surface area contributed by atoms with E-state index in [1.165, 1.54) is 6.92 Å². The van der Waals surface area contributed by atoms with Gasteiger partial charge in [-0.05, 0) is 24.6 Å². The molecule has 0 radical (unpaired) electrons. The first-order chi connectivity index (χ1) is 8.06. The van der Waals surface area contributed by atoms with E-state index < -0.39 is 17.7 Å². The van der Waals surface area contributed by atoms with Gasteiger partial charge in [0.1, 0.15) is 6.10 Å². The first-order valence-electron chi connectivity index (χ1n) is 5.39. The third kappa shape index (κ3) is 1.63. The summed E-state index contributed by atoms with van der Waals surface area (Å²) in [5.41, 5.74) is -0.596. The summed E-state index contributed by atoms with van der Waals surface area (Å²) in [6.45, 7) is 1.67. The average molecular weight is 236 g/mol. The Bertz CT molecular complexity index is 480. The highest BCUT2D eigenvalue weighted by molar-refractivity contribution is 5.81. The molecule has 0 bridgehead atoms. The summed E-state index contributed by atoms with van der Waals surface area (Å²) in [7, 11) is 0. The molecule has 0 unspecified atom stereocenters. The lowest BCUT2D eigenvalue weighted by atomic mass is 9.98. The molecule has 0 amide bonds. The molecule has 0 saturated carbocycles. The number of hydrogen-bond donors (Lipinski definition) is 1. The molecule has 2 aliphatic heterocycles. The van der Waals surface area contributed by atoms with Crippen LogP contribution in [-0.4, -0.2) is 23.5 Å². The number of esters is 1. The quantitative estimate of drug-likeness (QED) is 0.741. The topological polar surface area (TPSA) is 65.0 Å². The molecule has 1 aromatic carbocycles. The van der Waals surface area contributed by atoms with E-state index in [9.17, 15) is 9.90 Å². The van der Waals surface area contributed by atoms with Gasteiger partial charge in [-0.1, -0.05) is 6.07 Å². The monoisotopic (exact) mass is 236 g/mol. The zero-order valence-electron chi connectivity index (χ0n) is 9.30. The lowest BCUT2D eigenvalue weighted by Crippen LogP contribution is -2.29. The number of cyclic esters (lactones) is 1. The minimum Gasteiger partial charge on any atom is -0.455 e. The third-order valence-corrected chi connectivity index (χ3v) is 3.04. The maximum absolute atomic E-state index is 11.4. The van der Waals surface area contributed by atoms with Crippen LogP contribution >= 0.6 is 0 Å². The maximum Gasteiger partial charge on any atom is 0.338 e. The van der Waals surface area contributed by atoms with Crippen LogP contribution in [0, 0.1) is 0 Å². The zero-order valence-corrected chi connectivity index (χ0v) is 9.30. The number of aliphatic hydroxyl groups is 1. The largest absolute Gasteiger partial charge is 0.455 e. The van der Waals surface area contributed by atoms with Gasteiger partial charge in [-0.15, -0.1) is 0 Å². The predicted molar refractivity (Wildman–Crippen MR) is 56.6 cm³/mol. The SMILES string of the molecule is C[C@]1(O)C[C@H](c2ccc3c(c2)OCO3)OC1=O. The van der Waals surface area contributed by atoms with E-state index >= 15 is 0 Å². The van der Waals surface area contributed by atoms with E-state index in [2.05, 4.69) is 0 Å². The maximum atomic E-state index is 11.4. The Morgan fingerprint density at radius 2 is 2.12 bits per heavy atom. The zero-order chi connectivity index (χ0) is 12.0. The number of carbonyl (C=O) groups excluding carboxylic acids is 1. The molecule has 1 fully saturated rings. The van der Waals surface area contributed by atoms with Gasteiger partial charge in [0.05, 0.1) is 0 Å². The minimum absolute atomic E-state index is 0.209. The second-order valence-corrected chi connectivity index (χ2v) is 4.48. The van der Waals surface area contributed by atoms with Gasteiger partial charge in [-0.25, -0.2) is 4.79 Å². The molecule has 1 N–H and O–H groups in total. The van der Waals surface area contributed by atoms with Gasteiger partial charge in [-0.3, -0.25) is 0 Å². The van der Waals surface area contributed by atoms with Gasteiger partial charge in [0.25, 0.3) is 0 Å². The third-order valence-electron chi connectivity index (χ3n) is 3.04. The number of carbonyl (C=O) groups is 1. The Morgan fingerprint density at radius 1 is 1.35 bits per heavy atom. The van der Waals surface area contributed by atoms with Crippen molar-refractivity contribution in [1.82, 2.24) is 0 Å². The normalized spacial score (nSPS) is 30.5. The van der Waals surface area contributed by atoms with Crippen LogP contribution < -0.4 is 9.47 Å². The smallest absolute Gasteiger partial charge is 0.338 e. The molecule has 2 heterocycles. The molecular formula is C12H12O5. The summed E-state index contributed by atoms with van der Waals surface area (Å²) in [6.07, 6.45) is -0.169. The summed E-state index contributed by atoms with van der Waals surface area (Å²) in [5.74, 6) is 0.745. The van der Waals surface area contributed by atoms with E-state index in [4.69, 9.17) is 14.2 Å². The van der Waals surface area contributed by atoms with Crippen molar-refractivity contribution in [3.63, 3.8) is 0 Å². The van der Waals surface area contributed by atoms with Crippen molar-refractivity contribution in [2.24, 2.45) is 0 Å². The number of rotatable bonds is 1. The molecule has 5 heteroatoms. The van der Waals surface area contributed by atoms with Gasteiger partial charge >= 0.3 is 5.97 Å². The summed E-state index contributed by atoms with van der Waals surface area (Å²) in [5, 5.41) is 9.76. The summed E-state index contributed by atoms with van der Waals surface area (Å²) < 4.78 is 15.6. The summed E-state index contributed by atoms with van der Waals surface area (Å²) in [4.78, 5) is 11.4. The van der Waals surface area contributed by atoms with E-state index in [1.54, 1.807) is 12.1 Å².